The number of pyridine rings is 1. The van der Waals surface area contributed by atoms with E-state index in [1.807, 2.05) is 12.1 Å². The maximum absolute atomic E-state index is 12.0. The van der Waals surface area contributed by atoms with Crippen molar-refractivity contribution >= 4 is 6.16 Å². The van der Waals surface area contributed by atoms with Crippen molar-refractivity contribution in [2.75, 3.05) is 0 Å². The molecule has 0 atom stereocenters. The summed E-state index contributed by atoms with van der Waals surface area (Å²) < 4.78 is 12.0. The molecule has 7 heteroatoms. The number of benzene rings is 1. The van der Waals surface area contributed by atoms with E-state index in [0.29, 0.717) is 0 Å². The lowest BCUT2D eigenvalue weighted by Crippen LogP contribution is -2.51. The minimum Gasteiger partial charge on any atom is -0.348 e. The van der Waals surface area contributed by atoms with Crippen LogP contribution in [0.2, 0.25) is 0 Å². The monoisotopic (exact) mass is 277 g/mol. The number of carbonyl (C=O) groups excluding carboxylic acids is 1. The summed E-state index contributed by atoms with van der Waals surface area (Å²) in [6.07, 6.45) is -0.285. The van der Waals surface area contributed by atoms with E-state index in [-0.39, 0.29) is 5.56 Å². The van der Waals surface area contributed by atoms with Crippen LogP contribution in [0.3, 0.4) is 0 Å². The van der Waals surface area contributed by atoms with Crippen LogP contribution in [-0.4, -0.2) is 21.4 Å². The van der Waals surface area contributed by atoms with E-state index in [0.717, 1.165) is 11.3 Å². The lowest BCUT2D eigenvalue weighted by atomic mass is 10.1. The summed E-state index contributed by atoms with van der Waals surface area (Å²) in [7, 11) is 0. The number of hydrogen-bond acceptors (Lipinski definition) is 5. The highest BCUT2D eigenvalue weighted by Gasteiger charge is 2.26. The number of halogens is 1. The Morgan fingerprint density at radius 2 is 1.85 bits per heavy atom. The zero-order chi connectivity index (χ0) is 14.6. The lowest BCUT2D eigenvalue weighted by molar-refractivity contribution is -0.201. The van der Waals surface area contributed by atoms with E-state index in [4.69, 9.17) is 0 Å². The third-order valence-corrected chi connectivity index (χ3v) is 2.58. The van der Waals surface area contributed by atoms with Gasteiger partial charge in [-0.3, -0.25) is 10.4 Å². The molecule has 0 aliphatic carbocycles. The van der Waals surface area contributed by atoms with Gasteiger partial charge in [0.2, 0.25) is 0 Å². The van der Waals surface area contributed by atoms with Crippen molar-refractivity contribution in [2.24, 2.45) is 0 Å². The van der Waals surface area contributed by atoms with Gasteiger partial charge in [-0.1, -0.05) is 30.3 Å². The maximum Gasteiger partial charge on any atom is 0.412 e. The molecule has 0 bridgehead atoms. The summed E-state index contributed by atoms with van der Waals surface area (Å²) >= 11 is 0. The quantitative estimate of drug-likeness (QED) is 0.290. The molecule has 1 amide bonds. The van der Waals surface area contributed by atoms with E-state index >= 15 is 0 Å². The van der Waals surface area contributed by atoms with Gasteiger partial charge in [0.1, 0.15) is 0 Å². The fourth-order valence-corrected chi connectivity index (χ4v) is 1.62. The second kappa shape index (κ2) is 5.74. The van der Waals surface area contributed by atoms with E-state index < -0.39 is 12.1 Å². The first kappa shape index (κ1) is 14.1. The molecule has 0 radical (unpaired) electrons. The molecular weight excluding hydrogens is 265 g/mol. The van der Waals surface area contributed by atoms with Gasteiger partial charge in [-0.2, -0.15) is 5.43 Å². The first-order valence-corrected chi connectivity index (χ1v) is 5.68. The molecule has 0 spiro atoms. The Kier molecular flexibility index (Phi) is 4.04. The van der Waals surface area contributed by atoms with Gasteiger partial charge in [-0.05, 0) is 12.1 Å². The summed E-state index contributed by atoms with van der Waals surface area (Å²) in [5, 5.41) is 19.3. The van der Waals surface area contributed by atoms with Crippen molar-refractivity contribution < 1.29 is 19.4 Å². The Labute approximate surface area is 113 Å². The first-order chi connectivity index (χ1) is 9.49. The molecule has 0 fully saturated rings. The van der Waals surface area contributed by atoms with Crippen molar-refractivity contribution in [1.29, 1.82) is 0 Å². The molecule has 104 valence electrons. The van der Waals surface area contributed by atoms with Crippen LogP contribution in [0.1, 0.15) is 5.56 Å². The van der Waals surface area contributed by atoms with Crippen LogP contribution in [0.25, 0.3) is 11.3 Å². The van der Waals surface area contributed by atoms with Crippen LogP contribution in [0.5, 0.6) is 0 Å². The van der Waals surface area contributed by atoms with Gasteiger partial charge in [0.05, 0.1) is 5.69 Å². The van der Waals surface area contributed by atoms with Gasteiger partial charge in [0.15, 0.2) is 0 Å². The predicted octanol–water partition coefficient (Wildman–Crippen LogP) is 1.03. The van der Waals surface area contributed by atoms with Crippen LogP contribution < -0.4 is 10.9 Å². The Bertz CT molecular complexity index is 588. The topological polar surface area (TPSA) is 94.5 Å². The van der Waals surface area contributed by atoms with E-state index in [1.54, 1.807) is 29.8 Å². The number of hydrazine groups is 1. The zero-order valence-corrected chi connectivity index (χ0v) is 10.2. The highest BCUT2D eigenvalue weighted by atomic mass is 19.1. The fraction of sp³-hybridized carbons (Fsp3) is 0.0769. The average Bonchev–Trinajstić information content (AvgIpc) is 2.46. The van der Waals surface area contributed by atoms with Gasteiger partial charge in [0, 0.05) is 17.3 Å². The summed E-state index contributed by atoms with van der Waals surface area (Å²) in [4.78, 5) is 14.2. The summed E-state index contributed by atoms with van der Waals surface area (Å²) in [6, 6.07) is 11.5. The van der Waals surface area contributed by atoms with Crippen molar-refractivity contribution in [3.8, 4) is 11.3 Å². The Hall–Kier alpha value is -2.35. The van der Waals surface area contributed by atoms with Gasteiger partial charge < -0.3 is 10.2 Å². The molecule has 20 heavy (non-hydrogen) atoms. The number of amides is 1. The van der Waals surface area contributed by atoms with Crippen molar-refractivity contribution in [2.45, 2.75) is 5.91 Å². The van der Waals surface area contributed by atoms with Crippen LogP contribution in [0.15, 0.2) is 48.7 Å². The number of aromatic nitrogens is 1. The van der Waals surface area contributed by atoms with Crippen LogP contribution in [0, 0.1) is 0 Å². The van der Waals surface area contributed by atoms with Crippen molar-refractivity contribution in [3.63, 3.8) is 0 Å². The largest absolute Gasteiger partial charge is 0.412 e. The highest BCUT2D eigenvalue weighted by molar-refractivity contribution is 5.64. The van der Waals surface area contributed by atoms with E-state index in [1.165, 1.54) is 17.6 Å². The number of aliphatic hydroxyl groups is 2. The van der Waals surface area contributed by atoms with Gasteiger partial charge in [0.25, 0.3) is 5.91 Å². The molecule has 1 heterocycles. The molecule has 0 aliphatic rings. The third-order valence-electron chi connectivity index (χ3n) is 2.58. The molecule has 0 aliphatic heterocycles. The SMILES string of the molecule is O=C(F)NNC(O)(O)c1ccc(-c2ccccn2)cc1. The second-order valence-corrected chi connectivity index (χ2v) is 3.99. The van der Waals surface area contributed by atoms with Crippen LogP contribution in [0.4, 0.5) is 9.18 Å². The van der Waals surface area contributed by atoms with Crippen molar-refractivity contribution in [1.82, 2.24) is 15.8 Å². The Morgan fingerprint density at radius 1 is 1.15 bits per heavy atom. The molecule has 2 aromatic rings. The number of carbonyl (C=O) groups is 1. The molecule has 0 saturated carbocycles. The first-order valence-electron chi connectivity index (χ1n) is 5.68. The second-order valence-electron chi connectivity index (χ2n) is 3.99. The molecule has 2 rings (SSSR count). The number of nitrogens with one attached hydrogen (secondary N) is 2. The summed E-state index contributed by atoms with van der Waals surface area (Å²) in [6.45, 7) is 0. The molecule has 6 nitrogen and oxygen atoms in total. The molecule has 1 aromatic heterocycles. The van der Waals surface area contributed by atoms with E-state index in [2.05, 4.69) is 4.98 Å². The molecule has 1 aromatic carbocycles. The lowest BCUT2D eigenvalue weighted by Gasteiger charge is -2.22. The zero-order valence-electron chi connectivity index (χ0n) is 10.2. The normalized spacial score (nSPS) is 11.2. The van der Waals surface area contributed by atoms with E-state index in [9.17, 15) is 19.4 Å². The van der Waals surface area contributed by atoms with Crippen molar-refractivity contribution in [3.05, 3.63) is 54.2 Å². The summed E-state index contributed by atoms with van der Waals surface area (Å²) in [5.74, 6) is -2.58. The average molecular weight is 277 g/mol. The fourth-order valence-electron chi connectivity index (χ4n) is 1.62. The van der Waals surface area contributed by atoms with Crippen LogP contribution >= 0.6 is 0 Å². The van der Waals surface area contributed by atoms with Crippen LogP contribution in [-0.2, 0) is 5.91 Å². The molecule has 4 N–H and O–H groups in total. The smallest absolute Gasteiger partial charge is 0.348 e. The summed E-state index contributed by atoms with van der Waals surface area (Å²) in [5.41, 5.74) is 4.76. The molecule has 0 saturated heterocycles. The maximum atomic E-state index is 12.0. The number of rotatable bonds is 4. The Balaban J connectivity index is 2.17. The third kappa shape index (κ3) is 3.35. The minimum atomic E-state index is -2.58. The Morgan fingerprint density at radius 3 is 2.40 bits per heavy atom. The van der Waals surface area contributed by atoms with Gasteiger partial charge >= 0.3 is 6.16 Å². The standard InChI is InChI=1S/C13H12FN3O3/c14-12(18)16-17-13(19,20)10-6-4-9(5-7-10)11-3-1-2-8-15-11/h1-8,17,19-20H,(H,16,18). The molecular formula is C13H12FN3O3. The molecule has 0 unspecified atom stereocenters. The number of hydrogen-bond donors (Lipinski definition) is 4. The number of nitrogens with zero attached hydrogens (tertiary/aromatic N) is 1. The van der Waals surface area contributed by atoms with Gasteiger partial charge in [-0.15, -0.1) is 4.39 Å². The van der Waals surface area contributed by atoms with Gasteiger partial charge in [-0.25, -0.2) is 4.79 Å². The minimum absolute atomic E-state index is 0.0333. The predicted molar refractivity (Wildman–Crippen MR) is 68.6 cm³/mol. The highest BCUT2D eigenvalue weighted by Crippen LogP contribution is 2.20.